The normalized spacial score (nSPS) is 12.6. The van der Waals surface area contributed by atoms with Crippen LogP contribution in [0.3, 0.4) is 0 Å². The van der Waals surface area contributed by atoms with E-state index in [9.17, 15) is 8.78 Å². The van der Waals surface area contributed by atoms with Crippen molar-refractivity contribution in [1.29, 1.82) is 0 Å². The Morgan fingerprint density at radius 1 is 1.10 bits per heavy atom. The molecule has 3 aromatic heterocycles. The quantitative estimate of drug-likeness (QED) is 0.412. The van der Waals surface area contributed by atoms with E-state index in [2.05, 4.69) is 29.4 Å². The molecule has 1 N–H and O–H groups in total. The van der Waals surface area contributed by atoms with Crippen LogP contribution < -0.4 is 5.32 Å². The smallest absolute Gasteiger partial charge is 0.165 e. The largest absolute Gasteiger partial charge is 0.363 e. The molecule has 8 heteroatoms. The summed E-state index contributed by atoms with van der Waals surface area (Å²) in [5, 5.41) is 12.1. The summed E-state index contributed by atoms with van der Waals surface area (Å²) < 4.78 is 30.2. The third kappa shape index (κ3) is 4.42. The van der Waals surface area contributed by atoms with Crippen molar-refractivity contribution in [3.63, 3.8) is 0 Å². The summed E-state index contributed by atoms with van der Waals surface area (Å²) in [6.45, 7) is 5.70. The molecular formula is C23H26F2N6. The molecule has 31 heavy (non-hydrogen) atoms. The van der Waals surface area contributed by atoms with Crippen LogP contribution in [-0.2, 0) is 6.42 Å². The van der Waals surface area contributed by atoms with E-state index in [1.54, 1.807) is 16.8 Å². The highest BCUT2D eigenvalue weighted by atomic mass is 19.1. The molecule has 4 rings (SSSR count). The number of benzene rings is 1. The Morgan fingerprint density at radius 3 is 2.68 bits per heavy atom. The molecule has 0 amide bonds. The minimum absolute atomic E-state index is 0.199. The van der Waals surface area contributed by atoms with Crippen molar-refractivity contribution in [3.05, 3.63) is 66.0 Å². The second-order valence-electron chi connectivity index (χ2n) is 7.94. The fourth-order valence-electron chi connectivity index (χ4n) is 3.67. The van der Waals surface area contributed by atoms with Gasteiger partial charge in [0.1, 0.15) is 11.6 Å². The standard InChI is InChI=1S/C23H26F2N6/c1-15(2)31-14-18(12-26-31)21-13-27-30-10-8-22(29-23(21)30)28-16(3)20-11-19(25)7-6-17(20)5-4-9-24/h6-8,10-16H,4-5,9H2,1-3H3,(H,28,29). The lowest BCUT2D eigenvalue weighted by atomic mass is 9.98. The van der Waals surface area contributed by atoms with Crippen molar-refractivity contribution < 1.29 is 8.78 Å². The van der Waals surface area contributed by atoms with Gasteiger partial charge in [0.25, 0.3) is 0 Å². The molecule has 0 spiro atoms. The Kier molecular flexibility index (Phi) is 5.97. The molecule has 1 atom stereocenters. The average Bonchev–Trinajstić information content (AvgIpc) is 3.39. The molecule has 162 valence electrons. The first-order chi connectivity index (χ1) is 15.0. The number of fused-ring (bicyclic) bond motifs is 1. The number of nitrogens with zero attached hydrogens (tertiary/aromatic N) is 5. The summed E-state index contributed by atoms with van der Waals surface area (Å²) >= 11 is 0. The molecule has 1 unspecified atom stereocenters. The number of rotatable bonds is 8. The van der Waals surface area contributed by atoms with Crippen LogP contribution in [0.1, 0.15) is 50.4 Å². The summed E-state index contributed by atoms with van der Waals surface area (Å²) in [4.78, 5) is 4.74. The lowest BCUT2D eigenvalue weighted by molar-refractivity contribution is 0.472. The summed E-state index contributed by atoms with van der Waals surface area (Å²) in [7, 11) is 0. The van der Waals surface area contributed by atoms with Crippen molar-refractivity contribution in [2.75, 3.05) is 12.0 Å². The molecule has 0 bridgehead atoms. The van der Waals surface area contributed by atoms with Crippen molar-refractivity contribution in [2.45, 2.75) is 45.7 Å². The predicted octanol–water partition coefficient (Wildman–Crippen LogP) is 5.39. The number of anilines is 1. The Labute approximate surface area is 179 Å². The lowest BCUT2D eigenvalue weighted by Gasteiger charge is -2.19. The number of aryl methyl sites for hydroxylation is 1. The Morgan fingerprint density at radius 2 is 1.94 bits per heavy atom. The summed E-state index contributed by atoms with van der Waals surface area (Å²) in [6, 6.07) is 6.56. The fraction of sp³-hybridized carbons (Fsp3) is 0.348. The topological polar surface area (TPSA) is 60.0 Å². The third-order valence-electron chi connectivity index (χ3n) is 5.33. The van der Waals surface area contributed by atoms with Gasteiger partial charge in [-0.1, -0.05) is 6.07 Å². The number of nitrogens with one attached hydrogen (secondary N) is 1. The Balaban J connectivity index is 1.63. The van der Waals surface area contributed by atoms with Gasteiger partial charge < -0.3 is 5.32 Å². The SMILES string of the molecule is CC(Nc1ccn2ncc(-c3cnn(C(C)C)c3)c2n1)c1cc(F)ccc1CCCF. The van der Waals surface area contributed by atoms with Crippen LogP contribution in [0.15, 0.2) is 49.1 Å². The Hall–Kier alpha value is -3.29. The average molecular weight is 424 g/mol. The first kappa shape index (κ1) is 21.0. The molecule has 3 heterocycles. The molecule has 0 radical (unpaired) electrons. The van der Waals surface area contributed by atoms with Gasteiger partial charge in [0.05, 0.1) is 25.1 Å². The number of hydrogen-bond acceptors (Lipinski definition) is 4. The maximum absolute atomic E-state index is 13.9. The molecule has 0 aliphatic rings. The zero-order chi connectivity index (χ0) is 22.0. The highest BCUT2D eigenvalue weighted by Crippen LogP contribution is 2.27. The molecule has 1 aromatic carbocycles. The minimum atomic E-state index is -0.395. The highest BCUT2D eigenvalue weighted by Gasteiger charge is 2.15. The zero-order valence-corrected chi connectivity index (χ0v) is 17.9. The molecule has 6 nitrogen and oxygen atoms in total. The monoisotopic (exact) mass is 424 g/mol. The fourth-order valence-corrected chi connectivity index (χ4v) is 3.67. The molecular weight excluding hydrogens is 398 g/mol. The van der Waals surface area contributed by atoms with Crippen LogP contribution in [0, 0.1) is 5.82 Å². The highest BCUT2D eigenvalue weighted by molar-refractivity contribution is 5.76. The molecule has 0 aliphatic heterocycles. The van der Waals surface area contributed by atoms with E-state index >= 15 is 0 Å². The van der Waals surface area contributed by atoms with Crippen LogP contribution in [0.2, 0.25) is 0 Å². The predicted molar refractivity (Wildman–Crippen MR) is 117 cm³/mol. The van der Waals surface area contributed by atoms with Gasteiger partial charge in [0.2, 0.25) is 0 Å². The second kappa shape index (κ2) is 8.83. The van der Waals surface area contributed by atoms with Gasteiger partial charge in [-0.15, -0.1) is 0 Å². The van der Waals surface area contributed by atoms with E-state index in [1.807, 2.05) is 36.3 Å². The minimum Gasteiger partial charge on any atom is -0.363 e. The van der Waals surface area contributed by atoms with Gasteiger partial charge in [0, 0.05) is 29.6 Å². The number of hydrogen-bond donors (Lipinski definition) is 1. The van der Waals surface area contributed by atoms with E-state index < -0.39 is 6.67 Å². The van der Waals surface area contributed by atoms with E-state index in [0.717, 1.165) is 22.3 Å². The molecule has 0 saturated carbocycles. The van der Waals surface area contributed by atoms with E-state index in [0.29, 0.717) is 24.3 Å². The molecule has 0 saturated heterocycles. The van der Waals surface area contributed by atoms with Crippen molar-refractivity contribution in [2.24, 2.45) is 0 Å². The van der Waals surface area contributed by atoms with Crippen LogP contribution >= 0.6 is 0 Å². The maximum atomic E-state index is 13.9. The van der Waals surface area contributed by atoms with Gasteiger partial charge in [-0.25, -0.2) is 13.9 Å². The zero-order valence-electron chi connectivity index (χ0n) is 17.9. The van der Waals surface area contributed by atoms with E-state index in [-0.39, 0.29) is 17.9 Å². The molecule has 4 aromatic rings. The Bertz CT molecular complexity index is 1180. The van der Waals surface area contributed by atoms with Crippen molar-refractivity contribution >= 4 is 11.5 Å². The van der Waals surface area contributed by atoms with Gasteiger partial charge in [-0.3, -0.25) is 9.07 Å². The third-order valence-corrected chi connectivity index (χ3v) is 5.33. The van der Waals surface area contributed by atoms with E-state index in [1.165, 1.54) is 12.1 Å². The summed E-state index contributed by atoms with van der Waals surface area (Å²) in [5.74, 6) is 0.343. The van der Waals surface area contributed by atoms with E-state index in [4.69, 9.17) is 4.98 Å². The number of alkyl halides is 1. The molecule has 0 fully saturated rings. The van der Waals surface area contributed by atoms with Gasteiger partial charge in [-0.05, 0) is 62.9 Å². The summed E-state index contributed by atoms with van der Waals surface area (Å²) in [5.41, 5.74) is 4.28. The lowest BCUT2D eigenvalue weighted by Crippen LogP contribution is -2.11. The number of aromatic nitrogens is 5. The van der Waals surface area contributed by atoms with Crippen LogP contribution in [-0.4, -0.2) is 31.1 Å². The molecule has 0 aliphatic carbocycles. The summed E-state index contributed by atoms with van der Waals surface area (Å²) in [6.07, 6.45) is 8.39. The van der Waals surface area contributed by atoms with Crippen LogP contribution in [0.4, 0.5) is 14.6 Å². The van der Waals surface area contributed by atoms with Gasteiger partial charge >= 0.3 is 0 Å². The van der Waals surface area contributed by atoms with Crippen molar-refractivity contribution in [3.8, 4) is 11.1 Å². The second-order valence-corrected chi connectivity index (χ2v) is 7.94. The van der Waals surface area contributed by atoms with Gasteiger partial charge in [0.15, 0.2) is 5.65 Å². The first-order valence-corrected chi connectivity index (χ1v) is 10.5. The van der Waals surface area contributed by atoms with Crippen LogP contribution in [0.5, 0.6) is 0 Å². The van der Waals surface area contributed by atoms with Gasteiger partial charge in [-0.2, -0.15) is 10.2 Å². The first-order valence-electron chi connectivity index (χ1n) is 10.5. The maximum Gasteiger partial charge on any atom is 0.165 e. The number of halogens is 2. The van der Waals surface area contributed by atoms with Crippen molar-refractivity contribution in [1.82, 2.24) is 24.4 Å². The van der Waals surface area contributed by atoms with Crippen LogP contribution in [0.25, 0.3) is 16.8 Å².